The highest BCUT2D eigenvalue weighted by Crippen LogP contribution is 2.27. The molecule has 0 aromatic heterocycles. The van der Waals surface area contributed by atoms with Gasteiger partial charge in [0.25, 0.3) is 15.9 Å². The first-order valence-electron chi connectivity index (χ1n) is 8.32. The molecule has 3 aromatic rings. The molecule has 0 radical (unpaired) electrons. The molecule has 0 unspecified atom stereocenters. The highest BCUT2D eigenvalue weighted by molar-refractivity contribution is 7.92. The van der Waals surface area contributed by atoms with E-state index in [1.807, 2.05) is 0 Å². The van der Waals surface area contributed by atoms with Gasteiger partial charge in [-0.3, -0.25) is 9.52 Å². The number of carbonyl (C=O) groups is 1. The van der Waals surface area contributed by atoms with Crippen molar-refractivity contribution in [3.63, 3.8) is 0 Å². The minimum absolute atomic E-state index is 0.0987. The predicted octanol–water partition coefficient (Wildman–Crippen LogP) is 4.03. The van der Waals surface area contributed by atoms with Crippen molar-refractivity contribution < 1.29 is 26.7 Å². The monoisotopic (exact) mass is 418 g/mol. The van der Waals surface area contributed by atoms with Crippen LogP contribution in [0.5, 0.6) is 5.75 Å². The molecule has 0 saturated carbocycles. The Bertz CT molecular complexity index is 1170. The molecule has 1 amide bonds. The van der Waals surface area contributed by atoms with E-state index in [1.54, 1.807) is 18.2 Å². The lowest BCUT2D eigenvalue weighted by Gasteiger charge is -2.13. The number of nitrogens with one attached hydrogen (secondary N) is 2. The van der Waals surface area contributed by atoms with E-state index in [0.29, 0.717) is 5.75 Å². The van der Waals surface area contributed by atoms with E-state index in [0.717, 1.165) is 18.2 Å². The molecule has 0 spiro atoms. The summed E-state index contributed by atoms with van der Waals surface area (Å²) in [6.45, 7) is 0. The third-order valence-corrected chi connectivity index (χ3v) is 5.29. The highest BCUT2D eigenvalue weighted by atomic mass is 32.2. The van der Waals surface area contributed by atoms with Gasteiger partial charge in [0.2, 0.25) is 0 Å². The molecule has 0 bridgehead atoms. The molecular weight excluding hydrogens is 402 g/mol. The SMILES string of the molecule is COc1ccccc1NS(=O)(=O)c1cccc(NC(=O)c2cc(F)ccc2F)c1. The Hall–Kier alpha value is -3.46. The lowest BCUT2D eigenvalue weighted by molar-refractivity contribution is 0.102. The number of hydrogen-bond donors (Lipinski definition) is 2. The molecule has 3 rings (SSSR count). The fourth-order valence-electron chi connectivity index (χ4n) is 2.54. The number of rotatable bonds is 6. The summed E-state index contributed by atoms with van der Waals surface area (Å²) in [5, 5.41) is 2.36. The molecule has 29 heavy (non-hydrogen) atoms. The van der Waals surface area contributed by atoms with Crippen LogP contribution in [0.2, 0.25) is 0 Å². The van der Waals surface area contributed by atoms with Crippen molar-refractivity contribution in [2.24, 2.45) is 0 Å². The van der Waals surface area contributed by atoms with Crippen molar-refractivity contribution in [1.29, 1.82) is 0 Å². The second-order valence-electron chi connectivity index (χ2n) is 5.91. The number of anilines is 2. The zero-order valence-corrected chi connectivity index (χ0v) is 16.0. The number of methoxy groups -OCH3 is 1. The van der Waals surface area contributed by atoms with Crippen LogP contribution in [0.25, 0.3) is 0 Å². The van der Waals surface area contributed by atoms with Gasteiger partial charge >= 0.3 is 0 Å². The van der Waals surface area contributed by atoms with Gasteiger partial charge in [0, 0.05) is 5.69 Å². The first-order valence-corrected chi connectivity index (χ1v) is 9.81. The van der Waals surface area contributed by atoms with Gasteiger partial charge in [-0.2, -0.15) is 0 Å². The Morgan fingerprint density at radius 3 is 2.48 bits per heavy atom. The standard InChI is InChI=1S/C20H16F2N2O4S/c1-28-19-8-3-2-7-18(19)24-29(26,27)15-6-4-5-14(12-15)23-20(25)16-11-13(21)9-10-17(16)22/h2-12,24H,1H3,(H,23,25). The van der Waals surface area contributed by atoms with Crippen LogP contribution < -0.4 is 14.8 Å². The fraction of sp³-hybridized carbons (Fsp3) is 0.0500. The molecule has 0 aliphatic carbocycles. The van der Waals surface area contributed by atoms with Crippen molar-refractivity contribution >= 4 is 27.3 Å². The number of amides is 1. The Labute approximate surface area is 166 Å². The van der Waals surface area contributed by atoms with Crippen LogP contribution in [0.1, 0.15) is 10.4 Å². The van der Waals surface area contributed by atoms with Gasteiger partial charge in [-0.05, 0) is 48.5 Å². The Morgan fingerprint density at radius 2 is 1.72 bits per heavy atom. The van der Waals surface area contributed by atoms with Gasteiger partial charge in [-0.1, -0.05) is 18.2 Å². The van der Waals surface area contributed by atoms with E-state index in [9.17, 15) is 22.0 Å². The smallest absolute Gasteiger partial charge is 0.262 e. The normalized spacial score (nSPS) is 11.0. The van der Waals surface area contributed by atoms with Crippen LogP contribution >= 0.6 is 0 Å². The van der Waals surface area contributed by atoms with Crippen molar-refractivity contribution in [2.75, 3.05) is 17.1 Å². The lowest BCUT2D eigenvalue weighted by atomic mass is 10.2. The van der Waals surface area contributed by atoms with Crippen LogP contribution in [0.3, 0.4) is 0 Å². The summed E-state index contributed by atoms with van der Waals surface area (Å²) in [5.41, 5.74) is -0.154. The van der Waals surface area contributed by atoms with Crippen LogP contribution in [-0.2, 0) is 10.0 Å². The van der Waals surface area contributed by atoms with Gasteiger partial charge in [0.15, 0.2) is 0 Å². The van der Waals surface area contributed by atoms with E-state index in [2.05, 4.69) is 10.0 Å². The van der Waals surface area contributed by atoms with Crippen LogP contribution in [0, 0.1) is 11.6 Å². The highest BCUT2D eigenvalue weighted by Gasteiger charge is 2.18. The van der Waals surface area contributed by atoms with E-state index >= 15 is 0 Å². The Morgan fingerprint density at radius 1 is 0.966 bits per heavy atom. The van der Waals surface area contributed by atoms with Crippen LogP contribution in [-0.4, -0.2) is 21.4 Å². The number of halogens is 2. The summed E-state index contributed by atoms with van der Waals surface area (Å²) in [6, 6.07) is 14.3. The number of benzene rings is 3. The molecule has 0 atom stereocenters. The van der Waals surface area contributed by atoms with Crippen molar-refractivity contribution in [2.45, 2.75) is 4.90 Å². The molecule has 0 fully saturated rings. The van der Waals surface area contributed by atoms with Crippen LogP contribution in [0.15, 0.2) is 71.6 Å². The topological polar surface area (TPSA) is 84.5 Å². The molecule has 2 N–H and O–H groups in total. The Kier molecular flexibility index (Phi) is 5.79. The number of hydrogen-bond acceptors (Lipinski definition) is 4. The summed E-state index contributed by atoms with van der Waals surface area (Å²) >= 11 is 0. The maximum absolute atomic E-state index is 13.8. The maximum atomic E-state index is 13.8. The van der Waals surface area contributed by atoms with E-state index in [-0.39, 0.29) is 16.3 Å². The van der Waals surface area contributed by atoms with Gasteiger partial charge in [0.1, 0.15) is 17.4 Å². The third kappa shape index (κ3) is 4.69. The molecule has 6 nitrogen and oxygen atoms in total. The summed E-state index contributed by atoms with van der Waals surface area (Å²) in [5.74, 6) is -2.24. The minimum atomic E-state index is -4.00. The Balaban J connectivity index is 1.85. The molecular formula is C20H16F2N2O4S. The summed E-state index contributed by atoms with van der Waals surface area (Å²) in [6.07, 6.45) is 0. The molecule has 150 valence electrons. The van der Waals surface area contributed by atoms with E-state index < -0.39 is 33.1 Å². The first-order chi connectivity index (χ1) is 13.8. The molecule has 0 aliphatic heterocycles. The van der Waals surface area contributed by atoms with Crippen molar-refractivity contribution in [1.82, 2.24) is 0 Å². The second-order valence-corrected chi connectivity index (χ2v) is 7.59. The average Bonchev–Trinajstić information content (AvgIpc) is 2.70. The largest absolute Gasteiger partial charge is 0.495 e. The molecule has 3 aromatic carbocycles. The van der Waals surface area contributed by atoms with Crippen molar-refractivity contribution in [3.05, 3.63) is 83.9 Å². The van der Waals surface area contributed by atoms with Gasteiger partial charge < -0.3 is 10.1 Å². The summed E-state index contributed by atoms with van der Waals surface area (Å²) in [7, 11) is -2.59. The van der Waals surface area contributed by atoms with E-state index in [1.165, 1.54) is 37.4 Å². The number of para-hydroxylation sites is 2. The summed E-state index contributed by atoms with van der Waals surface area (Å²) in [4.78, 5) is 12.1. The first kappa shape index (κ1) is 20.3. The summed E-state index contributed by atoms with van der Waals surface area (Å²) < 4.78 is 60.0. The van der Waals surface area contributed by atoms with E-state index in [4.69, 9.17) is 4.74 Å². The van der Waals surface area contributed by atoms with Gasteiger partial charge in [-0.15, -0.1) is 0 Å². The number of ether oxygens (including phenoxy) is 1. The number of carbonyl (C=O) groups excluding carboxylic acids is 1. The van der Waals surface area contributed by atoms with Gasteiger partial charge in [0.05, 0.1) is 23.3 Å². The van der Waals surface area contributed by atoms with Crippen LogP contribution in [0.4, 0.5) is 20.2 Å². The lowest BCUT2D eigenvalue weighted by Crippen LogP contribution is -2.16. The van der Waals surface area contributed by atoms with Crippen molar-refractivity contribution in [3.8, 4) is 5.75 Å². The quantitative estimate of drug-likeness (QED) is 0.633. The molecule has 9 heteroatoms. The zero-order valence-electron chi connectivity index (χ0n) is 15.1. The third-order valence-electron chi connectivity index (χ3n) is 3.93. The predicted molar refractivity (Wildman–Crippen MR) is 105 cm³/mol. The zero-order chi connectivity index (χ0) is 21.0. The maximum Gasteiger partial charge on any atom is 0.262 e. The number of sulfonamides is 1. The second kappa shape index (κ2) is 8.27. The average molecular weight is 418 g/mol. The molecule has 0 saturated heterocycles. The minimum Gasteiger partial charge on any atom is -0.495 e. The van der Waals surface area contributed by atoms with Gasteiger partial charge in [-0.25, -0.2) is 17.2 Å². The molecule has 0 heterocycles. The molecule has 0 aliphatic rings. The fourth-order valence-corrected chi connectivity index (χ4v) is 3.66.